The number of nitro benzene ring substituents is 1. The maximum absolute atomic E-state index is 10.6. The van der Waals surface area contributed by atoms with Crippen LogP contribution in [0.5, 0.6) is 0 Å². The second kappa shape index (κ2) is 5.32. The van der Waals surface area contributed by atoms with E-state index in [1.54, 1.807) is 12.1 Å². The average molecular weight is 263 g/mol. The fourth-order valence-corrected chi connectivity index (χ4v) is 1.76. The molecule has 0 amide bonds. The van der Waals surface area contributed by atoms with E-state index in [1.807, 2.05) is 6.92 Å². The fraction of sp³-hybridized carbons (Fsp3) is 0.100. The number of nitrogens with one attached hydrogen (secondary N) is 1. The standard InChI is InChI=1S/C10H9N5O2S/c1-7-12-14-10(18-7)13-11-6-8-3-2-4-9(5-8)15(16)17/h2-6H,1H3,(H,13,14)/b11-6-. The summed E-state index contributed by atoms with van der Waals surface area (Å²) in [6.07, 6.45) is 1.49. The number of nitro groups is 1. The Morgan fingerprint density at radius 3 is 3.00 bits per heavy atom. The van der Waals surface area contributed by atoms with Crippen molar-refractivity contribution in [3.8, 4) is 0 Å². The number of anilines is 1. The lowest BCUT2D eigenvalue weighted by Crippen LogP contribution is -1.92. The first kappa shape index (κ1) is 12.1. The number of aryl methyl sites for hydroxylation is 1. The molecule has 8 heteroatoms. The van der Waals surface area contributed by atoms with Crippen molar-refractivity contribution < 1.29 is 4.92 Å². The summed E-state index contributed by atoms with van der Waals surface area (Å²) in [4.78, 5) is 10.1. The van der Waals surface area contributed by atoms with Crippen molar-refractivity contribution in [2.24, 2.45) is 5.10 Å². The van der Waals surface area contributed by atoms with Crippen LogP contribution in [0.15, 0.2) is 29.4 Å². The number of hydrazone groups is 1. The number of benzene rings is 1. The Balaban J connectivity index is 2.04. The zero-order valence-electron chi connectivity index (χ0n) is 9.40. The molecule has 0 unspecified atom stereocenters. The summed E-state index contributed by atoms with van der Waals surface area (Å²) >= 11 is 1.38. The van der Waals surface area contributed by atoms with Crippen molar-refractivity contribution in [2.45, 2.75) is 6.92 Å². The van der Waals surface area contributed by atoms with Crippen molar-refractivity contribution in [2.75, 3.05) is 5.43 Å². The van der Waals surface area contributed by atoms with Gasteiger partial charge in [0.15, 0.2) is 0 Å². The smallest absolute Gasteiger partial charge is 0.258 e. The molecule has 0 atom stereocenters. The van der Waals surface area contributed by atoms with Crippen LogP contribution in [-0.4, -0.2) is 21.3 Å². The van der Waals surface area contributed by atoms with Gasteiger partial charge in [-0.25, -0.2) is 0 Å². The first-order valence-electron chi connectivity index (χ1n) is 4.99. The quantitative estimate of drug-likeness (QED) is 0.518. The van der Waals surface area contributed by atoms with E-state index in [-0.39, 0.29) is 5.69 Å². The van der Waals surface area contributed by atoms with Gasteiger partial charge in [-0.3, -0.25) is 15.5 Å². The third kappa shape index (κ3) is 3.08. The first-order valence-corrected chi connectivity index (χ1v) is 5.80. The molecule has 18 heavy (non-hydrogen) atoms. The van der Waals surface area contributed by atoms with E-state index in [0.29, 0.717) is 10.7 Å². The molecule has 0 radical (unpaired) electrons. The van der Waals surface area contributed by atoms with Gasteiger partial charge in [0.1, 0.15) is 5.01 Å². The van der Waals surface area contributed by atoms with Gasteiger partial charge in [0, 0.05) is 17.7 Å². The Morgan fingerprint density at radius 2 is 2.33 bits per heavy atom. The van der Waals surface area contributed by atoms with Crippen LogP contribution in [-0.2, 0) is 0 Å². The summed E-state index contributed by atoms with van der Waals surface area (Å²) < 4.78 is 0. The van der Waals surface area contributed by atoms with Gasteiger partial charge in [-0.05, 0) is 6.92 Å². The highest BCUT2D eigenvalue weighted by Gasteiger charge is 2.04. The van der Waals surface area contributed by atoms with Crippen molar-refractivity contribution in [1.82, 2.24) is 10.2 Å². The predicted molar refractivity (Wildman–Crippen MR) is 69.0 cm³/mol. The van der Waals surface area contributed by atoms with E-state index in [1.165, 1.54) is 29.7 Å². The van der Waals surface area contributed by atoms with E-state index in [0.717, 1.165) is 5.01 Å². The summed E-state index contributed by atoms with van der Waals surface area (Å²) in [5.74, 6) is 0. The van der Waals surface area contributed by atoms with Crippen LogP contribution >= 0.6 is 11.3 Å². The summed E-state index contributed by atoms with van der Waals surface area (Å²) in [5.41, 5.74) is 3.38. The van der Waals surface area contributed by atoms with Crippen LogP contribution in [0.3, 0.4) is 0 Å². The van der Waals surface area contributed by atoms with Gasteiger partial charge in [-0.1, -0.05) is 23.5 Å². The molecule has 2 rings (SSSR count). The van der Waals surface area contributed by atoms with E-state index < -0.39 is 4.92 Å². The van der Waals surface area contributed by atoms with Crippen LogP contribution in [0, 0.1) is 17.0 Å². The van der Waals surface area contributed by atoms with Crippen molar-refractivity contribution in [3.63, 3.8) is 0 Å². The van der Waals surface area contributed by atoms with Crippen LogP contribution in [0.1, 0.15) is 10.6 Å². The summed E-state index contributed by atoms with van der Waals surface area (Å²) in [5, 5.41) is 23.6. The van der Waals surface area contributed by atoms with Gasteiger partial charge in [0.2, 0.25) is 5.13 Å². The zero-order chi connectivity index (χ0) is 13.0. The highest BCUT2D eigenvalue weighted by atomic mass is 32.1. The Morgan fingerprint density at radius 1 is 1.50 bits per heavy atom. The van der Waals surface area contributed by atoms with E-state index in [4.69, 9.17) is 0 Å². The van der Waals surface area contributed by atoms with Crippen LogP contribution < -0.4 is 5.43 Å². The fourth-order valence-electron chi connectivity index (χ4n) is 1.22. The van der Waals surface area contributed by atoms with Gasteiger partial charge in [-0.15, -0.1) is 10.2 Å². The second-order valence-corrected chi connectivity index (χ2v) is 4.53. The Hall–Kier alpha value is -2.35. The molecule has 92 valence electrons. The largest absolute Gasteiger partial charge is 0.270 e. The second-order valence-electron chi connectivity index (χ2n) is 3.35. The summed E-state index contributed by atoms with van der Waals surface area (Å²) in [6, 6.07) is 6.20. The molecule has 0 spiro atoms. The molecule has 0 bridgehead atoms. The maximum atomic E-state index is 10.6. The number of aromatic nitrogens is 2. The molecular weight excluding hydrogens is 254 g/mol. The van der Waals surface area contributed by atoms with Gasteiger partial charge in [0.05, 0.1) is 11.1 Å². The molecule has 0 aliphatic rings. The molecule has 0 fully saturated rings. The number of hydrogen-bond donors (Lipinski definition) is 1. The monoisotopic (exact) mass is 263 g/mol. The topological polar surface area (TPSA) is 93.3 Å². The molecule has 1 heterocycles. The third-order valence-electron chi connectivity index (χ3n) is 1.98. The predicted octanol–water partition coefficient (Wildman–Crippen LogP) is 2.20. The molecule has 0 aliphatic heterocycles. The Bertz CT molecular complexity index is 595. The molecule has 2 aromatic rings. The normalized spacial score (nSPS) is 10.7. The van der Waals surface area contributed by atoms with Gasteiger partial charge in [0.25, 0.3) is 5.69 Å². The minimum atomic E-state index is -0.446. The maximum Gasteiger partial charge on any atom is 0.270 e. The van der Waals surface area contributed by atoms with Gasteiger partial charge in [-0.2, -0.15) is 5.10 Å². The third-order valence-corrected chi connectivity index (χ3v) is 2.72. The molecule has 0 saturated carbocycles. The van der Waals surface area contributed by atoms with Crippen molar-refractivity contribution in [1.29, 1.82) is 0 Å². The van der Waals surface area contributed by atoms with Crippen LogP contribution in [0.4, 0.5) is 10.8 Å². The van der Waals surface area contributed by atoms with Gasteiger partial charge >= 0.3 is 0 Å². The number of non-ortho nitro benzene ring substituents is 1. The van der Waals surface area contributed by atoms with E-state index in [2.05, 4.69) is 20.7 Å². The Kier molecular flexibility index (Phi) is 3.58. The molecule has 1 aromatic carbocycles. The minimum absolute atomic E-state index is 0.0331. The molecule has 1 aromatic heterocycles. The van der Waals surface area contributed by atoms with Crippen LogP contribution in [0.25, 0.3) is 0 Å². The number of nitrogens with zero attached hydrogens (tertiary/aromatic N) is 4. The van der Waals surface area contributed by atoms with Crippen LogP contribution in [0.2, 0.25) is 0 Å². The minimum Gasteiger partial charge on any atom is -0.258 e. The van der Waals surface area contributed by atoms with E-state index in [9.17, 15) is 10.1 Å². The SMILES string of the molecule is Cc1nnc(N/N=C\c2cccc([N+](=O)[O-])c2)s1. The first-order chi connectivity index (χ1) is 8.65. The zero-order valence-corrected chi connectivity index (χ0v) is 10.2. The van der Waals surface area contributed by atoms with Crippen molar-refractivity contribution >= 4 is 28.4 Å². The van der Waals surface area contributed by atoms with Gasteiger partial charge < -0.3 is 0 Å². The average Bonchev–Trinajstić information content (AvgIpc) is 2.75. The van der Waals surface area contributed by atoms with E-state index >= 15 is 0 Å². The summed E-state index contributed by atoms with van der Waals surface area (Å²) in [6.45, 7) is 1.84. The molecule has 0 aliphatic carbocycles. The summed E-state index contributed by atoms with van der Waals surface area (Å²) in [7, 11) is 0. The van der Waals surface area contributed by atoms with Crippen molar-refractivity contribution in [3.05, 3.63) is 45.0 Å². The molecule has 7 nitrogen and oxygen atoms in total. The molecular formula is C10H9N5O2S. The highest BCUT2D eigenvalue weighted by Crippen LogP contribution is 2.14. The Labute approximate surface area is 106 Å². The molecule has 0 saturated heterocycles. The molecule has 1 N–H and O–H groups in total. The lowest BCUT2D eigenvalue weighted by atomic mass is 10.2. The lowest BCUT2D eigenvalue weighted by molar-refractivity contribution is -0.384. The number of rotatable bonds is 4. The lowest BCUT2D eigenvalue weighted by Gasteiger charge is -1.94. The highest BCUT2D eigenvalue weighted by molar-refractivity contribution is 7.15. The number of hydrogen-bond acceptors (Lipinski definition) is 7.